The first-order valence-corrected chi connectivity index (χ1v) is 12.3. The molecule has 38 heavy (non-hydrogen) atoms. The number of benzene rings is 2. The van der Waals surface area contributed by atoms with Gasteiger partial charge in [0.25, 0.3) is 0 Å². The number of rotatable bonds is 5. The predicted octanol–water partition coefficient (Wildman–Crippen LogP) is 5.04. The maximum Gasteiger partial charge on any atom is 0.410 e. The number of carbonyl (C=O) groups excluding carboxylic acids is 1. The van der Waals surface area contributed by atoms with Crippen molar-refractivity contribution in [1.29, 1.82) is 0 Å². The number of hydrogen-bond acceptors (Lipinski definition) is 7. The van der Waals surface area contributed by atoms with E-state index >= 15 is 4.39 Å². The molecule has 2 aromatic carbocycles. The number of methoxy groups -OCH3 is 1. The third-order valence-corrected chi connectivity index (χ3v) is 6.18. The minimum Gasteiger partial charge on any atom is -0.493 e. The van der Waals surface area contributed by atoms with E-state index in [1.54, 1.807) is 37.6 Å². The molecule has 1 saturated heterocycles. The smallest absolute Gasteiger partial charge is 0.410 e. The van der Waals surface area contributed by atoms with Crippen molar-refractivity contribution < 1.29 is 23.4 Å². The molecule has 0 N–H and O–H groups in total. The second kappa shape index (κ2) is 9.92. The summed E-state index contributed by atoms with van der Waals surface area (Å²) in [4.78, 5) is 22.8. The predicted molar refractivity (Wildman–Crippen MR) is 141 cm³/mol. The molecule has 1 amide bonds. The van der Waals surface area contributed by atoms with Gasteiger partial charge >= 0.3 is 6.09 Å². The fourth-order valence-corrected chi connectivity index (χ4v) is 4.49. The monoisotopic (exact) mass is 519 g/mol. The summed E-state index contributed by atoms with van der Waals surface area (Å²) in [6.45, 7) is 5.25. The molecule has 1 fully saturated rings. The number of halogens is 1. The molecule has 0 saturated carbocycles. The molecular formula is C28H30FN5O4. The van der Waals surface area contributed by atoms with Crippen LogP contribution in [0.15, 0.2) is 55.0 Å². The fourth-order valence-electron chi connectivity index (χ4n) is 4.49. The lowest BCUT2D eigenvalue weighted by atomic mass is 10.0. The lowest BCUT2D eigenvalue weighted by molar-refractivity contribution is 0.0273. The van der Waals surface area contributed by atoms with E-state index in [0.29, 0.717) is 28.1 Å². The van der Waals surface area contributed by atoms with E-state index < -0.39 is 24.0 Å². The van der Waals surface area contributed by atoms with Gasteiger partial charge in [0.05, 0.1) is 31.4 Å². The van der Waals surface area contributed by atoms with Crippen LogP contribution < -0.4 is 9.47 Å². The molecular weight excluding hydrogens is 489 g/mol. The van der Waals surface area contributed by atoms with E-state index in [-0.39, 0.29) is 13.1 Å². The molecule has 2 atom stereocenters. The first-order chi connectivity index (χ1) is 18.1. The number of aromatic nitrogens is 4. The molecule has 9 nitrogen and oxygen atoms in total. The summed E-state index contributed by atoms with van der Waals surface area (Å²) >= 11 is 0. The van der Waals surface area contributed by atoms with E-state index in [2.05, 4.69) is 15.1 Å². The lowest BCUT2D eigenvalue weighted by Crippen LogP contribution is -2.36. The number of alkyl halides is 1. The van der Waals surface area contributed by atoms with Crippen molar-refractivity contribution in [2.24, 2.45) is 7.05 Å². The molecule has 3 heterocycles. The van der Waals surface area contributed by atoms with Crippen molar-refractivity contribution in [2.45, 2.75) is 38.6 Å². The molecule has 4 aromatic rings. The van der Waals surface area contributed by atoms with Crippen LogP contribution in [-0.4, -0.2) is 68.8 Å². The zero-order valence-electron chi connectivity index (χ0n) is 22.0. The Labute approximate surface area is 220 Å². The molecule has 0 spiro atoms. The van der Waals surface area contributed by atoms with Gasteiger partial charge < -0.3 is 19.1 Å². The lowest BCUT2D eigenvalue weighted by Gasteiger charge is -2.24. The van der Waals surface area contributed by atoms with Crippen LogP contribution in [0.3, 0.4) is 0 Å². The number of ether oxygens (including phenoxy) is 3. The maximum atomic E-state index is 15.0. The van der Waals surface area contributed by atoms with Crippen molar-refractivity contribution in [1.82, 2.24) is 24.6 Å². The molecule has 0 radical (unpaired) electrons. The normalized spacial score (nSPS) is 17.6. The van der Waals surface area contributed by atoms with Crippen LogP contribution in [0.5, 0.6) is 11.5 Å². The molecule has 1 aliphatic heterocycles. The Morgan fingerprint density at radius 3 is 2.53 bits per heavy atom. The van der Waals surface area contributed by atoms with Gasteiger partial charge in [0.2, 0.25) is 0 Å². The Morgan fingerprint density at radius 2 is 1.82 bits per heavy atom. The van der Waals surface area contributed by atoms with Gasteiger partial charge in [-0.2, -0.15) is 5.10 Å². The van der Waals surface area contributed by atoms with Crippen LogP contribution in [-0.2, 0) is 11.8 Å². The number of likely N-dealkylation sites (tertiary alicyclic amines) is 1. The molecule has 1 aliphatic rings. The highest BCUT2D eigenvalue weighted by Gasteiger charge is 2.39. The average Bonchev–Trinajstić information content (AvgIpc) is 3.45. The van der Waals surface area contributed by atoms with Crippen LogP contribution in [0.25, 0.3) is 33.4 Å². The second-order valence-electron chi connectivity index (χ2n) is 10.2. The molecule has 0 aliphatic carbocycles. The summed E-state index contributed by atoms with van der Waals surface area (Å²) in [5.41, 5.74) is 3.17. The SMILES string of the molecule is COc1cc2ncnc(-c3cn(C)nc3-c3ccccc3)c2cc1O[C@@H]1CN(C(=O)OC(C)(C)C)C[C@@H]1F. The van der Waals surface area contributed by atoms with E-state index in [1.165, 1.54) is 18.3 Å². The third-order valence-electron chi connectivity index (χ3n) is 6.18. The Bertz CT molecular complexity index is 1470. The van der Waals surface area contributed by atoms with Crippen molar-refractivity contribution in [3.63, 3.8) is 0 Å². The summed E-state index contributed by atoms with van der Waals surface area (Å²) in [5.74, 6) is 0.736. The van der Waals surface area contributed by atoms with Crippen molar-refractivity contribution in [3.8, 4) is 34.0 Å². The first-order valence-electron chi connectivity index (χ1n) is 12.3. The zero-order valence-corrected chi connectivity index (χ0v) is 22.0. The molecule has 198 valence electrons. The number of amides is 1. The number of fused-ring (bicyclic) bond motifs is 1. The van der Waals surface area contributed by atoms with Gasteiger partial charge in [0.15, 0.2) is 17.7 Å². The van der Waals surface area contributed by atoms with Gasteiger partial charge in [0, 0.05) is 35.8 Å². The minimum absolute atomic E-state index is 0.0518. The molecule has 5 rings (SSSR count). The standard InChI is InChI=1S/C28H30FN5O4/c1-28(2,3)38-27(35)34-14-20(29)24(15-34)37-23-11-18-21(12-22(23)36-5)30-16-31-26(18)19-13-33(4)32-25(19)17-9-7-6-8-10-17/h6-13,16,20,24H,14-15H2,1-5H3/t20-,24+/m0/s1. The van der Waals surface area contributed by atoms with Crippen LogP contribution in [0.4, 0.5) is 9.18 Å². The molecule has 2 aromatic heterocycles. The van der Waals surface area contributed by atoms with Gasteiger partial charge in [-0.3, -0.25) is 4.68 Å². The fraction of sp³-hybridized carbons (Fsp3) is 0.357. The van der Waals surface area contributed by atoms with E-state index in [9.17, 15) is 4.79 Å². The Morgan fingerprint density at radius 1 is 1.05 bits per heavy atom. The third kappa shape index (κ3) is 5.11. The van der Waals surface area contributed by atoms with Gasteiger partial charge in [0.1, 0.15) is 23.7 Å². The minimum atomic E-state index is -1.39. The number of nitrogens with zero attached hydrogens (tertiary/aromatic N) is 5. The number of carbonyl (C=O) groups is 1. The molecule has 0 bridgehead atoms. The maximum absolute atomic E-state index is 15.0. The van der Waals surface area contributed by atoms with Crippen LogP contribution >= 0.6 is 0 Å². The zero-order chi connectivity index (χ0) is 27.0. The van der Waals surface area contributed by atoms with Crippen LogP contribution in [0, 0.1) is 0 Å². The Hall–Kier alpha value is -4.21. The first kappa shape index (κ1) is 25.4. The topological polar surface area (TPSA) is 91.6 Å². The largest absolute Gasteiger partial charge is 0.493 e. The second-order valence-corrected chi connectivity index (χ2v) is 10.2. The Balaban J connectivity index is 1.51. The van der Waals surface area contributed by atoms with E-state index in [0.717, 1.165) is 16.8 Å². The van der Waals surface area contributed by atoms with Gasteiger partial charge in [-0.05, 0) is 26.8 Å². The summed E-state index contributed by atoms with van der Waals surface area (Å²) in [5, 5.41) is 5.36. The van der Waals surface area contributed by atoms with Gasteiger partial charge in [-0.15, -0.1) is 0 Å². The summed E-state index contributed by atoms with van der Waals surface area (Å²) < 4.78 is 33.8. The summed E-state index contributed by atoms with van der Waals surface area (Å²) in [6.07, 6.45) is 0.546. The highest BCUT2D eigenvalue weighted by molar-refractivity contribution is 5.97. The summed E-state index contributed by atoms with van der Waals surface area (Å²) in [7, 11) is 3.37. The van der Waals surface area contributed by atoms with E-state index in [4.69, 9.17) is 14.2 Å². The van der Waals surface area contributed by atoms with Crippen molar-refractivity contribution in [3.05, 3.63) is 55.0 Å². The van der Waals surface area contributed by atoms with Gasteiger partial charge in [-0.25, -0.2) is 19.2 Å². The Kier molecular flexibility index (Phi) is 6.64. The number of aryl methyl sites for hydroxylation is 1. The quantitative estimate of drug-likeness (QED) is 0.365. The van der Waals surface area contributed by atoms with Crippen LogP contribution in [0.2, 0.25) is 0 Å². The highest BCUT2D eigenvalue weighted by Crippen LogP contribution is 2.39. The molecule has 10 heteroatoms. The van der Waals surface area contributed by atoms with Crippen LogP contribution in [0.1, 0.15) is 20.8 Å². The van der Waals surface area contributed by atoms with Crippen molar-refractivity contribution in [2.75, 3.05) is 20.2 Å². The van der Waals surface area contributed by atoms with E-state index in [1.807, 2.05) is 43.6 Å². The average molecular weight is 520 g/mol. The van der Waals surface area contributed by atoms with Crippen molar-refractivity contribution >= 4 is 17.0 Å². The highest BCUT2D eigenvalue weighted by atomic mass is 19.1. The molecule has 0 unspecified atom stereocenters. The summed E-state index contributed by atoms with van der Waals surface area (Å²) in [6, 6.07) is 13.3. The van der Waals surface area contributed by atoms with Gasteiger partial charge in [-0.1, -0.05) is 30.3 Å². The number of hydrogen-bond donors (Lipinski definition) is 0.